The topological polar surface area (TPSA) is 29.5 Å². The van der Waals surface area contributed by atoms with Crippen LogP contribution in [0.25, 0.3) is 0 Å². The predicted molar refractivity (Wildman–Crippen MR) is 56.1 cm³/mol. The Labute approximate surface area is 86.4 Å². The normalized spacial score (nSPS) is 24.1. The Kier molecular flexibility index (Phi) is 4.39. The molecule has 0 radical (unpaired) electrons. The number of rotatable bonds is 5. The summed E-state index contributed by atoms with van der Waals surface area (Å²) in [5, 5.41) is 0. The lowest BCUT2D eigenvalue weighted by atomic mass is 9.96. The van der Waals surface area contributed by atoms with E-state index in [1.165, 1.54) is 20.0 Å². The molecule has 0 bridgehead atoms. The third-order valence-electron chi connectivity index (χ3n) is 3.10. The second-order valence-corrected chi connectivity index (χ2v) is 3.92. The number of nitrogens with zero attached hydrogens (tertiary/aromatic N) is 1. The summed E-state index contributed by atoms with van der Waals surface area (Å²) in [7, 11) is 1.47. The number of esters is 1. The molecule has 1 rings (SSSR count). The van der Waals surface area contributed by atoms with E-state index in [9.17, 15) is 4.79 Å². The van der Waals surface area contributed by atoms with Crippen LogP contribution in [0.4, 0.5) is 0 Å². The molecule has 0 aliphatic carbocycles. The first kappa shape index (κ1) is 11.5. The Bertz CT molecular complexity index is 194. The smallest absolute Gasteiger partial charge is 0.323 e. The van der Waals surface area contributed by atoms with E-state index >= 15 is 0 Å². The minimum Gasteiger partial charge on any atom is -0.468 e. The van der Waals surface area contributed by atoms with Crippen LogP contribution in [0, 0.1) is 0 Å². The lowest BCUT2D eigenvalue weighted by molar-refractivity contribution is -0.154. The van der Waals surface area contributed by atoms with Crippen LogP contribution in [-0.4, -0.2) is 36.6 Å². The van der Waals surface area contributed by atoms with E-state index in [1.807, 2.05) is 0 Å². The number of methoxy groups -OCH3 is 1. The summed E-state index contributed by atoms with van der Waals surface area (Å²) in [6.07, 6.45) is 4.46. The summed E-state index contributed by atoms with van der Waals surface area (Å²) in [5.41, 5.74) is 0. The number of carbonyl (C=O) groups is 1. The molecule has 1 aliphatic heterocycles. The highest BCUT2D eigenvalue weighted by molar-refractivity contribution is 5.76. The molecule has 0 N–H and O–H groups in total. The van der Waals surface area contributed by atoms with Crippen LogP contribution in [0.2, 0.25) is 0 Å². The van der Waals surface area contributed by atoms with Crippen molar-refractivity contribution >= 4 is 5.97 Å². The highest BCUT2D eigenvalue weighted by Gasteiger charge is 2.38. The van der Waals surface area contributed by atoms with Gasteiger partial charge in [0.2, 0.25) is 0 Å². The van der Waals surface area contributed by atoms with Gasteiger partial charge in [-0.1, -0.05) is 20.3 Å². The molecule has 3 nitrogen and oxygen atoms in total. The Balaban J connectivity index is 2.47. The Morgan fingerprint density at radius 3 is 2.64 bits per heavy atom. The quantitative estimate of drug-likeness (QED) is 0.632. The highest BCUT2D eigenvalue weighted by Crippen LogP contribution is 2.25. The molecule has 2 atom stereocenters. The average Bonchev–Trinajstić information content (AvgIpc) is 2.15. The molecular formula is C11H21NO2. The van der Waals surface area contributed by atoms with Crippen LogP contribution in [-0.2, 0) is 9.53 Å². The zero-order valence-electron chi connectivity index (χ0n) is 9.45. The van der Waals surface area contributed by atoms with Crippen LogP contribution in [0.3, 0.4) is 0 Å². The van der Waals surface area contributed by atoms with E-state index < -0.39 is 0 Å². The van der Waals surface area contributed by atoms with Gasteiger partial charge in [0.05, 0.1) is 7.11 Å². The SMILES string of the molecule is CCCC(CC)N1CCC1C(=O)OC. The average molecular weight is 199 g/mol. The van der Waals surface area contributed by atoms with Gasteiger partial charge >= 0.3 is 5.97 Å². The fraction of sp³-hybridized carbons (Fsp3) is 0.909. The van der Waals surface area contributed by atoms with Crippen molar-refractivity contribution in [3.63, 3.8) is 0 Å². The zero-order valence-corrected chi connectivity index (χ0v) is 9.45. The molecule has 0 spiro atoms. The van der Waals surface area contributed by atoms with Gasteiger partial charge in [0.25, 0.3) is 0 Å². The van der Waals surface area contributed by atoms with Crippen LogP contribution in [0.1, 0.15) is 39.5 Å². The summed E-state index contributed by atoms with van der Waals surface area (Å²) in [6, 6.07) is 0.606. The summed E-state index contributed by atoms with van der Waals surface area (Å²) < 4.78 is 4.78. The van der Waals surface area contributed by atoms with E-state index in [4.69, 9.17) is 4.74 Å². The molecule has 0 aromatic carbocycles. The Morgan fingerprint density at radius 2 is 2.29 bits per heavy atom. The fourth-order valence-corrected chi connectivity index (χ4v) is 2.17. The monoisotopic (exact) mass is 199 g/mol. The maximum Gasteiger partial charge on any atom is 0.323 e. The van der Waals surface area contributed by atoms with Gasteiger partial charge in [-0.2, -0.15) is 0 Å². The third-order valence-corrected chi connectivity index (χ3v) is 3.10. The molecule has 0 amide bonds. The molecule has 1 saturated heterocycles. The van der Waals surface area contributed by atoms with Gasteiger partial charge in [0.1, 0.15) is 6.04 Å². The number of ether oxygens (including phenoxy) is 1. The van der Waals surface area contributed by atoms with Crippen molar-refractivity contribution in [1.29, 1.82) is 0 Å². The van der Waals surface area contributed by atoms with Gasteiger partial charge in [-0.3, -0.25) is 9.69 Å². The molecule has 0 aromatic heterocycles. The molecule has 82 valence electrons. The van der Waals surface area contributed by atoms with Gasteiger partial charge < -0.3 is 4.74 Å². The van der Waals surface area contributed by atoms with E-state index in [0.29, 0.717) is 6.04 Å². The van der Waals surface area contributed by atoms with Gasteiger partial charge in [-0.05, 0) is 19.3 Å². The van der Waals surface area contributed by atoms with Crippen molar-refractivity contribution < 1.29 is 9.53 Å². The fourth-order valence-electron chi connectivity index (χ4n) is 2.17. The lowest BCUT2D eigenvalue weighted by Gasteiger charge is -2.44. The second-order valence-electron chi connectivity index (χ2n) is 3.92. The maximum absolute atomic E-state index is 11.4. The molecular weight excluding hydrogens is 178 g/mol. The van der Waals surface area contributed by atoms with Crippen LogP contribution in [0.5, 0.6) is 0 Å². The summed E-state index contributed by atoms with van der Waals surface area (Å²) in [5.74, 6) is -0.0641. The molecule has 1 aliphatic rings. The molecule has 1 fully saturated rings. The highest BCUT2D eigenvalue weighted by atomic mass is 16.5. The van der Waals surface area contributed by atoms with Gasteiger partial charge in [0, 0.05) is 12.6 Å². The molecule has 14 heavy (non-hydrogen) atoms. The first-order valence-corrected chi connectivity index (χ1v) is 5.58. The number of carbonyl (C=O) groups excluding carboxylic acids is 1. The number of hydrogen-bond donors (Lipinski definition) is 0. The molecule has 0 saturated carbocycles. The summed E-state index contributed by atoms with van der Waals surface area (Å²) >= 11 is 0. The summed E-state index contributed by atoms with van der Waals surface area (Å²) in [6.45, 7) is 5.43. The van der Waals surface area contributed by atoms with Gasteiger partial charge in [-0.15, -0.1) is 0 Å². The maximum atomic E-state index is 11.4. The van der Waals surface area contributed by atoms with E-state index in [2.05, 4.69) is 18.7 Å². The van der Waals surface area contributed by atoms with E-state index in [0.717, 1.165) is 19.4 Å². The van der Waals surface area contributed by atoms with Crippen molar-refractivity contribution in [2.45, 2.75) is 51.6 Å². The number of likely N-dealkylation sites (tertiary alicyclic amines) is 1. The molecule has 2 unspecified atom stereocenters. The minimum absolute atomic E-state index is 0.0384. The Morgan fingerprint density at radius 1 is 1.57 bits per heavy atom. The van der Waals surface area contributed by atoms with Crippen molar-refractivity contribution in [1.82, 2.24) is 4.90 Å². The van der Waals surface area contributed by atoms with E-state index in [1.54, 1.807) is 0 Å². The second kappa shape index (κ2) is 5.35. The first-order valence-electron chi connectivity index (χ1n) is 5.58. The van der Waals surface area contributed by atoms with Crippen molar-refractivity contribution in [2.75, 3.05) is 13.7 Å². The van der Waals surface area contributed by atoms with Crippen molar-refractivity contribution in [2.24, 2.45) is 0 Å². The van der Waals surface area contributed by atoms with Crippen LogP contribution in [0.15, 0.2) is 0 Å². The van der Waals surface area contributed by atoms with E-state index in [-0.39, 0.29) is 12.0 Å². The number of hydrogen-bond acceptors (Lipinski definition) is 3. The largest absolute Gasteiger partial charge is 0.468 e. The Hall–Kier alpha value is -0.570. The predicted octanol–water partition coefficient (Wildman–Crippen LogP) is 1.81. The molecule has 1 heterocycles. The minimum atomic E-state index is -0.0641. The van der Waals surface area contributed by atoms with Crippen molar-refractivity contribution in [3.8, 4) is 0 Å². The summed E-state index contributed by atoms with van der Waals surface area (Å²) in [4.78, 5) is 13.7. The third kappa shape index (κ3) is 2.27. The lowest BCUT2D eigenvalue weighted by Crippen LogP contribution is -2.57. The van der Waals surface area contributed by atoms with Crippen LogP contribution >= 0.6 is 0 Å². The van der Waals surface area contributed by atoms with Gasteiger partial charge in [0.15, 0.2) is 0 Å². The molecule has 0 aromatic rings. The molecule has 3 heteroatoms. The zero-order chi connectivity index (χ0) is 10.6. The van der Waals surface area contributed by atoms with Crippen molar-refractivity contribution in [3.05, 3.63) is 0 Å². The first-order chi connectivity index (χ1) is 6.74. The standard InChI is InChI=1S/C11H21NO2/c1-4-6-9(5-2)12-8-7-10(12)11(13)14-3/h9-10H,4-8H2,1-3H3. The van der Waals surface area contributed by atoms with Crippen LogP contribution < -0.4 is 0 Å². The van der Waals surface area contributed by atoms with Gasteiger partial charge in [-0.25, -0.2) is 0 Å².